The van der Waals surface area contributed by atoms with E-state index in [1.54, 1.807) is 0 Å². The SMILES string of the molecule is CCCCc1cc2c(cc1Cl)C=C(C(=O)O)C(C(F)(F)F)O2. The molecule has 7 heteroatoms. The number of aryl methyl sites for hydroxylation is 1. The number of carboxylic acids is 1. The van der Waals surface area contributed by atoms with Crippen LogP contribution in [0, 0.1) is 0 Å². The average molecular weight is 335 g/mol. The third kappa shape index (κ3) is 3.38. The quantitative estimate of drug-likeness (QED) is 0.883. The molecule has 120 valence electrons. The Labute approximate surface area is 130 Å². The van der Waals surface area contributed by atoms with Crippen molar-refractivity contribution in [2.75, 3.05) is 0 Å². The maximum atomic E-state index is 13.0. The fourth-order valence-electron chi connectivity index (χ4n) is 2.24. The normalized spacial score (nSPS) is 17.5. The van der Waals surface area contributed by atoms with E-state index >= 15 is 0 Å². The van der Waals surface area contributed by atoms with Crippen LogP contribution in [0.5, 0.6) is 5.75 Å². The van der Waals surface area contributed by atoms with Crippen molar-refractivity contribution in [2.45, 2.75) is 38.5 Å². The number of hydrogen-bond acceptors (Lipinski definition) is 2. The lowest BCUT2D eigenvalue weighted by molar-refractivity contribution is -0.187. The topological polar surface area (TPSA) is 46.5 Å². The number of unbranched alkanes of at least 4 members (excludes halogenated alkanes) is 1. The molecule has 0 aliphatic carbocycles. The molecule has 1 aliphatic rings. The van der Waals surface area contributed by atoms with Crippen molar-refractivity contribution >= 4 is 23.6 Å². The minimum Gasteiger partial charge on any atom is -0.478 e. The molecule has 0 amide bonds. The molecule has 1 aromatic carbocycles. The highest BCUT2D eigenvalue weighted by Crippen LogP contribution is 2.39. The van der Waals surface area contributed by atoms with Crippen molar-refractivity contribution in [3.63, 3.8) is 0 Å². The molecule has 1 unspecified atom stereocenters. The highest BCUT2D eigenvalue weighted by Gasteiger charge is 2.48. The van der Waals surface area contributed by atoms with Gasteiger partial charge in [-0.05, 0) is 36.6 Å². The number of aliphatic carboxylic acids is 1. The van der Waals surface area contributed by atoms with Crippen LogP contribution in [0.4, 0.5) is 13.2 Å². The number of carbonyl (C=O) groups is 1. The smallest absolute Gasteiger partial charge is 0.430 e. The molecule has 1 heterocycles. The zero-order valence-electron chi connectivity index (χ0n) is 11.7. The fraction of sp³-hybridized carbons (Fsp3) is 0.400. The lowest BCUT2D eigenvalue weighted by Gasteiger charge is -2.27. The highest BCUT2D eigenvalue weighted by atomic mass is 35.5. The number of halogens is 4. The molecule has 0 radical (unpaired) electrons. The summed E-state index contributed by atoms with van der Waals surface area (Å²) in [6.07, 6.45) is -3.92. The van der Waals surface area contributed by atoms with Gasteiger partial charge in [0.2, 0.25) is 6.10 Å². The van der Waals surface area contributed by atoms with Gasteiger partial charge < -0.3 is 9.84 Å². The Morgan fingerprint density at radius 1 is 1.41 bits per heavy atom. The Balaban J connectivity index is 2.46. The highest BCUT2D eigenvalue weighted by molar-refractivity contribution is 6.31. The predicted molar refractivity (Wildman–Crippen MR) is 76.1 cm³/mol. The molecule has 0 spiro atoms. The van der Waals surface area contributed by atoms with Crippen molar-refractivity contribution in [1.82, 2.24) is 0 Å². The molecule has 0 aromatic heterocycles. The minimum absolute atomic E-state index is 0.00262. The summed E-state index contributed by atoms with van der Waals surface area (Å²) in [6.45, 7) is 1.99. The summed E-state index contributed by atoms with van der Waals surface area (Å²) in [5, 5.41) is 9.35. The molecular formula is C15H14ClF3O3. The van der Waals surface area contributed by atoms with E-state index in [-0.39, 0.29) is 11.3 Å². The number of fused-ring (bicyclic) bond motifs is 1. The number of rotatable bonds is 4. The zero-order valence-corrected chi connectivity index (χ0v) is 12.5. The maximum Gasteiger partial charge on any atom is 0.430 e. The molecule has 1 atom stereocenters. The Hall–Kier alpha value is -1.69. The van der Waals surface area contributed by atoms with Crippen molar-refractivity contribution in [1.29, 1.82) is 0 Å². The van der Waals surface area contributed by atoms with Gasteiger partial charge in [0.1, 0.15) is 5.75 Å². The van der Waals surface area contributed by atoms with Gasteiger partial charge in [0.25, 0.3) is 0 Å². The van der Waals surface area contributed by atoms with Gasteiger partial charge in [-0.3, -0.25) is 0 Å². The predicted octanol–water partition coefficient (Wildman–Crippen LogP) is 4.47. The number of hydrogen-bond donors (Lipinski definition) is 1. The first-order valence-corrected chi connectivity index (χ1v) is 7.12. The van der Waals surface area contributed by atoms with Gasteiger partial charge in [0.15, 0.2) is 0 Å². The zero-order chi connectivity index (χ0) is 16.5. The van der Waals surface area contributed by atoms with Gasteiger partial charge >= 0.3 is 12.1 Å². The summed E-state index contributed by atoms with van der Waals surface area (Å²) in [4.78, 5) is 11.0. The molecule has 0 fully saturated rings. The van der Waals surface area contributed by atoms with Crippen molar-refractivity contribution in [2.24, 2.45) is 0 Å². The van der Waals surface area contributed by atoms with Crippen molar-refractivity contribution in [3.8, 4) is 5.75 Å². The van der Waals surface area contributed by atoms with E-state index in [1.807, 2.05) is 6.92 Å². The van der Waals surface area contributed by atoms with Crippen LogP contribution >= 0.6 is 11.6 Å². The summed E-state index contributed by atoms with van der Waals surface area (Å²) in [5.41, 5.74) is 0.0795. The molecule has 0 saturated carbocycles. The second-order valence-corrected chi connectivity index (χ2v) is 5.44. The average Bonchev–Trinajstić information content (AvgIpc) is 2.42. The molecule has 1 aromatic rings. The number of ether oxygens (including phenoxy) is 1. The summed E-state index contributed by atoms with van der Waals surface area (Å²) < 4.78 is 43.8. The van der Waals surface area contributed by atoms with Gasteiger partial charge in [0, 0.05) is 10.6 Å². The van der Waals surface area contributed by atoms with Gasteiger partial charge in [-0.25, -0.2) is 4.79 Å². The monoisotopic (exact) mass is 334 g/mol. The van der Waals surface area contributed by atoms with E-state index < -0.39 is 23.8 Å². The Morgan fingerprint density at radius 3 is 2.64 bits per heavy atom. The summed E-state index contributed by atoms with van der Waals surface area (Å²) >= 11 is 6.10. The number of benzene rings is 1. The first-order chi connectivity index (χ1) is 10.2. The molecule has 3 nitrogen and oxygen atoms in total. The second-order valence-electron chi connectivity index (χ2n) is 5.03. The van der Waals surface area contributed by atoms with Crippen LogP contribution in [0.3, 0.4) is 0 Å². The van der Waals surface area contributed by atoms with Gasteiger partial charge in [0.05, 0.1) is 5.57 Å². The van der Waals surface area contributed by atoms with Crippen LogP contribution in [-0.4, -0.2) is 23.4 Å². The van der Waals surface area contributed by atoms with E-state index in [4.69, 9.17) is 21.4 Å². The van der Waals surface area contributed by atoms with Crippen LogP contribution in [-0.2, 0) is 11.2 Å². The molecule has 0 saturated heterocycles. The van der Waals surface area contributed by atoms with E-state index in [2.05, 4.69) is 0 Å². The minimum atomic E-state index is -4.80. The van der Waals surface area contributed by atoms with Crippen LogP contribution in [0.15, 0.2) is 17.7 Å². The Morgan fingerprint density at radius 2 is 2.09 bits per heavy atom. The van der Waals surface area contributed by atoms with Crippen molar-refractivity contribution in [3.05, 3.63) is 33.9 Å². The van der Waals surface area contributed by atoms with Gasteiger partial charge in [-0.15, -0.1) is 0 Å². The maximum absolute atomic E-state index is 13.0. The molecule has 0 bridgehead atoms. The molecule has 2 rings (SSSR count). The Bertz CT molecular complexity index is 623. The van der Waals surface area contributed by atoms with E-state index in [9.17, 15) is 18.0 Å². The lowest BCUT2D eigenvalue weighted by Crippen LogP contribution is -2.40. The van der Waals surface area contributed by atoms with Gasteiger partial charge in [-0.1, -0.05) is 24.9 Å². The molecule has 1 N–H and O–H groups in total. The summed E-state index contributed by atoms with van der Waals surface area (Å²) in [6, 6.07) is 2.90. The van der Waals surface area contributed by atoms with E-state index in [1.165, 1.54) is 12.1 Å². The van der Waals surface area contributed by atoms with Crippen LogP contribution < -0.4 is 4.74 Å². The first-order valence-electron chi connectivity index (χ1n) is 6.74. The van der Waals surface area contributed by atoms with Crippen LogP contribution in [0.2, 0.25) is 5.02 Å². The number of alkyl halides is 3. The number of carboxylic acid groups (broad SMARTS) is 1. The van der Waals surface area contributed by atoms with Crippen molar-refractivity contribution < 1.29 is 27.8 Å². The third-order valence-corrected chi connectivity index (χ3v) is 3.71. The van der Waals surface area contributed by atoms with E-state index in [0.29, 0.717) is 17.0 Å². The molecule has 22 heavy (non-hydrogen) atoms. The third-order valence-electron chi connectivity index (χ3n) is 3.36. The molecular weight excluding hydrogens is 321 g/mol. The first kappa shape index (κ1) is 16.7. The largest absolute Gasteiger partial charge is 0.478 e. The lowest BCUT2D eigenvalue weighted by atomic mass is 9.98. The molecule has 1 aliphatic heterocycles. The van der Waals surface area contributed by atoms with Crippen LogP contribution in [0.25, 0.3) is 6.08 Å². The Kier molecular flexibility index (Phi) is 4.70. The summed E-state index contributed by atoms with van der Waals surface area (Å²) in [5.74, 6) is -1.66. The van der Waals surface area contributed by atoms with E-state index in [0.717, 1.165) is 18.9 Å². The fourth-order valence-corrected chi connectivity index (χ4v) is 2.50. The van der Waals surface area contributed by atoms with Gasteiger partial charge in [-0.2, -0.15) is 13.2 Å². The standard InChI is InChI=1S/C15H14ClF3O3/c1-2-3-4-8-7-12-9(6-11(8)16)5-10(14(20)21)13(22-12)15(17,18)19/h5-7,13H,2-4H2,1H3,(H,20,21). The van der Waals surface area contributed by atoms with Crippen LogP contribution in [0.1, 0.15) is 30.9 Å². The summed E-state index contributed by atoms with van der Waals surface area (Å²) in [7, 11) is 0. The second kappa shape index (κ2) is 6.20.